The van der Waals surface area contributed by atoms with Gasteiger partial charge in [0.15, 0.2) is 0 Å². The average molecular weight is 836 g/mol. The largest absolute Gasteiger partial charge is 0.510 e. The molecule has 3 heterocycles. The third-order valence-corrected chi connectivity index (χ3v) is 11.7. The van der Waals surface area contributed by atoms with E-state index in [9.17, 15) is 0 Å². The minimum atomic E-state index is 0. The normalized spacial score (nSPS) is 22.7. The van der Waals surface area contributed by atoms with Gasteiger partial charge < -0.3 is 18.4 Å². The van der Waals surface area contributed by atoms with E-state index < -0.39 is 0 Å². The van der Waals surface area contributed by atoms with Crippen molar-refractivity contribution >= 4 is 32.8 Å². The van der Waals surface area contributed by atoms with E-state index in [1.807, 2.05) is 18.3 Å². The van der Waals surface area contributed by atoms with Gasteiger partial charge in [-0.25, -0.2) is 4.98 Å². The van der Waals surface area contributed by atoms with Crippen molar-refractivity contribution in [1.29, 1.82) is 0 Å². The van der Waals surface area contributed by atoms with Gasteiger partial charge in [-0.2, -0.15) is 18.2 Å². The maximum atomic E-state index is 6.55. The van der Waals surface area contributed by atoms with Crippen molar-refractivity contribution in [1.82, 2.24) is 14.1 Å². The first-order chi connectivity index (χ1) is 23.8. The van der Waals surface area contributed by atoms with Crippen LogP contribution in [0.25, 0.3) is 44.3 Å². The fraction of sp³-hybridized carbons (Fsp3) is 0.318. The number of fused-ring (bicyclic) bond motifs is 4. The Labute approximate surface area is 308 Å². The monoisotopic (exact) mass is 835 g/mol. The van der Waals surface area contributed by atoms with E-state index in [2.05, 4.69) is 132 Å². The summed E-state index contributed by atoms with van der Waals surface area (Å²) in [6.45, 7) is 6.70. The number of hydrogen-bond acceptors (Lipinski definition) is 2. The maximum Gasteiger partial charge on any atom is 0.243 e. The zero-order valence-electron chi connectivity index (χ0n) is 28.7. The Morgan fingerprint density at radius 2 is 1.46 bits per heavy atom. The number of aromatic nitrogens is 4. The number of rotatable bonds is 5. The molecule has 0 N–H and O–H groups in total. The molecule has 4 aliphatic carbocycles. The van der Waals surface area contributed by atoms with Gasteiger partial charge in [-0.1, -0.05) is 74.4 Å². The Morgan fingerprint density at radius 1 is 0.760 bits per heavy atom. The molecule has 0 spiro atoms. The van der Waals surface area contributed by atoms with Crippen LogP contribution in [0.2, 0.25) is 0 Å². The molecule has 3 aromatic heterocycles. The van der Waals surface area contributed by atoms with E-state index in [4.69, 9.17) is 9.72 Å². The van der Waals surface area contributed by atoms with Crippen molar-refractivity contribution in [2.45, 2.75) is 70.3 Å². The van der Waals surface area contributed by atoms with Gasteiger partial charge in [0.25, 0.3) is 0 Å². The molecule has 0 amide bonds. The summed E-state index contributed by atoms with van der Waals surface area (Å²) >= 11 is 0. The van der Waals surface area contributed by atoms with Crippen LogP contribution in [0.5, 0.6) is 11.5 Å². The van der Waals surface area contributed by atoms with Gasteiger partial charge in [-0.3, -0.25) is 0 Å². The van der Waals surface area contributed by atoms with Crippen LogP contribution in [0.15, 0.2) is 97.2 Å². The molecular formula is C44H40N4OPt-2. The predicted octanol–water partition coefficient (Wildman–Crippen LogP) is 9.82. The Hall–Kier alpha value is -4.21. The van der Waals surface area contributed by atoms with E-state index in [1.165, 1.54) is 55.0 Å². The van der Waals surface area contributed by atoms with Crippen LogP contribution in [-0.2, 0) is 32.0 Å². The molecule has 7 aromatic rings. The van der Waals surface area contributed by atoms with Crippen molar-refractivity contribution in [3.63, 3.8) is 0 Å². The summed E-state index contributed by atoms with van der Waals surface area (Å²) in [6.07, 6.45) is 13.9. The van der Waals surface area contributed by atoms with Gasteiger partial charge in [0.1, 0.15) is 5.82 Å². The van der Waals surface area contributed by atoms with E-state index in [1.54, 1.807) is 0 Å². The number of ether oxygens (including phenoxy) is 1. The molecule has 11 rings (SSSR count). The van der Waals surface area contributed by atoms with Gasteiger partial charge in [0.2, 0.25) is 6.33 Å². The average Bonchev–Trinajstić information content (AvgIpc) is 3.64. The van der Waals surface area contributed by atoms with Crippen LogP contribution in [0.3, 0.4) is 0 Å². The van der Waals surface area contributed by atoms with Gasteiger partial charge >= 0.3 is 0 Å². The molecule has 6 heteroatoms. The molecule has 4 aromatic carbocycles. The van der Waals surface area contributed by atoms with Crippen molar-refractivity contribution in [2.24, 2.45) is 17.8 Å². The molecular weight excluding hydrogens is 796 g/mol. The summed E-state index contributed by atoms with van der Waals surface area (Å²) in [4.78, 5) is 4.83. The Balaban J connectivity index is 0.00000336. The van der Waals surface area contributed by atoms with Gasteiger partial charge in [-0.05, 0) is 90.8 Å². The van der Waals surface area contributed by atoms with Crippen molar-refractivity contribution in [2.75, 3.05) is 0 Å². The second-order valence-corrected chi connectivity index (χ2v) is 16.0. The summed E-state index contributed by atoms with van der Waals surface area (Å²) in [7, 11) is 0. The van der Waals surface area contributed by atoms with Crippen LogP contribution >= 0.6 is 0 Å². The summed E-state index contributed by atoms with van der Waals surface area (Å²) in [5, 5.41) is 2.28. The maximum absolute atomic E-state index is 6.55. The number of hydrogen-bond donors (Lipinski definition) is 0. The standard InChI is InChI=1S/C44H40N4O.Pt/c1-43(2,3)32-17-18-45-42(22-32)48-38-12-5-4-11-36(38)37-16-15-35(24-41(37)48)49-34-10-8-9-33(23-34)46-28-47(40-14-7-6-13-39(40)46)44-25-29-19-30(26-44)21-31(20-29)27-44;/h4-18,22,29-31H,19-21,25-27H2,1-3H3;/q-2;. The number of para-hydroxylation sites is 3. The third kappa shape index (κ3) is 5.07. The molecule has 0 radical (unpaired) electrons. The number of pyridine rings is 1. The summed E-state index contributed by atoms with van der Waals surface area (Å²) in [5.74, 6) is 4.76. The SMILES string of the molecule is CC(C)(C)c1ccnc(-n2c3[c-]c(Oc4[c-]c(-n5[c-][n+](C67CC8CC(CC(C8)C6)C7)c6ccccc65)ccc4)ccc3c3ccccc32)c1.[Pt]. The molecule has 4 aliphatic rings. The summed E-state index contributed by atoms with van der Waals surface area (Å²) in [5.41, 5.74) is 6.81. The van der Waals surface area contributed by atoms with Gasteiger partial charge in [0, 0.05) is 44.3 Å². The van der Waals surface area contributed by atoms with Crippen molar-refractivity contribution in [3.8, 4) is 23.0 Å². The van der Waals surface area contributed by atoms with Crippen LogP contribution in [0.4, 0.5) is 0 Å². The van der Waals surface area contributed by atoms with Crippen LogP contribution in [-0.4, -0.2) is 14.1 Å². The van der Waals surface area contributed by atoms with Crippen LogP contribution in [0, 0.1) is 36.2 Å². The molecule has 0 saturated heterocycles. The molecule has 0 atom stereocenters. The smallest absolute Gasteiger partial charge is 0.243 e. The minimum Gasteiger partial charge on any atom is -0.510 e. The molecule has 0 aliphatic heterocycles. The Bertz CT molecular complexity index is 2380. The summed E-state index contributed by atoms with van der Waals surface area (Å²) in [6, 6.07) is 39.1. The van der Waals surface area contributed by atoms with Gasteiger partial charge in [0.05, 0.1) is 16.6 Å². The van der Waals surface area contributed by atoms with E-state index >= 15 is 0 Å². The van der Waals surface area contributed by atoms with E-state index in [0.29, 0.717) is 11.5 Å². The molecule has 4 fully saturated rings. The van der Waals surface area contributed by atoms with Crippen molar-refractivity contribution < 1.29 is 30.4 Å². The first kappa shape index (κ1) is 31.7. The zero-order valence-corrected chi connectivity index (χ0v) is 31.0. The first-order valence-electron chi connectivity index (χ1n) is 17.9. The van der Waals surface area contributed by atoms with Gasteiger partial charge in [-0.15, -0.1) is 29.7 Å². The Morgan fingerprint density at radius 3 is 2.22 bits per heavy atom. The minimum absolute atomic E-state index is 0. The van der Waals surface area contributed by atoms with Crippen molar-refractivity contribution in [3.05, 3.63) is 121 Å². The van der Waals surface area contributed by atoms with Crippen LogP contribution in [0.1, 0.15) is 64.9 Å². The molecule has 254 valence electrons. The molecule has 4 saturated carbocycles. The molecule has 4 bridgehead atoms. The predicted molar refractivity (Wildman–Crippen MR) is 193 cm³/mol. The summed E-state index contributed by atoms with van der Waals surface area (Å²) < 4.78 is 13.5. The quantitative estimate of drug-likeness (QED) is 0.128. The van der Waals surface area contributed by atoms with E-state index in [-0.39, 0.29) is 32.0 Å². The second-order valence-electron chi connectivity index (χ2n) is 16.0. The van der Waals surface area contributed by atoms with E-state index in [0.717, 1.165) is 51.2 Å². The molecule has 50 heavy (non-hydrogen) atoms. The first-order valence-corrected chi connectivity index (χ1v) is 17.9. The molecule has 0 unspecified atom stereocenters. The number of benzene rings is 4. The Kier molecular flexibility index (Phi) is 7.41. The molecule has 5 nitrogen and oxygen atoms in total. The third-order valence-electron chi connectivity index (χ3n) is 11.7. The fourth-order valence-corrected chi connectivity index (χ4v) is 9.86. The fourth-order valence-electron chi connectivity index (χ4n) is 9.86. The van der Waals surface area contributed by atoms with Crippen LogP contribution < -0.4 is 9.30 Å². The zero-order chi connectivity index (χ0) is 32.9. The number of imidazole rings is 1. The second kappa shape index (κ2) is 11.7. The topological polar surface area (TPSA) is 35.9 Å². The number of nitrogens with zero attached hydrogens (tertiary/aromatic N) is 4.